The average Bonchev–Trinajstić information content (AvgIpc) is 1.84. The molecule has 0 aromatic carbocycles. The highest BCUT2D eigenvalue weighted by atomic mass is 16.3. The van der Waals surface area contributed by atoms with Gasteiger partial charge in [0.2, 0.25) is 0 Å². The normalized spacial score (nSPS) is 18.0. The molecule has 0 fully saturated rings. The Bertz CT molecular complexity index is 47.6. The molecule has 3 heteroatoms. The summed E-state index contributed by atoms with van der Waals surface area (Å²) in [6, 6.07) is 0. The van der Waals surface area contributed by atoms with Gasteiger partial charge >= 0.3 is 0 Å². The Balaban J connectivity index is 3.29. The molecule has 3 N–H and O–H groups in total. The highest BCUT2D eigenvalue weighted by molar-refractivity contribution is 4.59. The molecule has 0 aliphatic rings. The summed E-state index contributed by atoms with van der Waals surface area (Å²) in [6.45, 7) is 1.31. The van der Waals surface area contributed by atoms with Gasteiger partial charge in [-0.1, -0.05) is 6.92 Å². The summed E-state index contributed by atoms with van der Waals surface area (Å²) in [4.78, 5) is 0. The monoisotopic (exact) mass is 120 g/mol. The van der Waals surface area contributed by atoms with Crippen LogP contribution in [0.4, 0.5) is 0 Å². The Kier molecular flexibility index (Phi) is 3.77. The van der Waals surface area contributed by atoms with Crippen LogP contribution in [0.3, 0.4) is 0 Å². The van der Waals surface area contributed by atoms with Crippen LogP contribution in [0, 0.1) is 5.92 Å². The number of aliphatic hydroxyl groups is 3. The number of rotatable bonds is 3. The van der Waals surface area contributed by atoms with Crippen molar-refractivity contribution in [3.05, 3.63) is 0 Å². The van der Waals surface area contributed by atoms with Gasteiger partial charge in [-0.3, -0.25) is 0 Å². The first-order chi connectivity index (χ1) is 3.72. The molecule has 0 unspecified atom stereocenters. The van der Waals surface area contributed by atoms with Gasteiger partial charge in [0.15, 0.2) is 0 Å². The molecule has 0 aliphatic carbocycles. The summed E-state index contributed by atoms with van der Waals surface area (Å²) in [5.41, 5.74) is 0. The second-order valence-electron chi connectivity index (χ2n) is 1.91. The lowest BCUT2D eigenvalue weighted by Gasteiger charge is -2.11. The quantitative estimate of drug-likeness (QED) is 0.446. The first-order valence-corrected chi connectivity index (χ1v) is 2.62. The lowest BCUT2D eigenvalue weighted by molar-refractivity contribution is 0.0302. The minimum atomic E-state index is -0.778. The number of hydrogen-bond acceptors (Lipinski definition) is 3. The third kappa shape index (κ3) is 2.26. The van der Waals surface area contributed by atoms with E-state index in [1.807, 2.05) is 0 Å². The van der Waals surface area contributed by atoms with Crippen molar-refractivity contribution in [3.8, 4) is 0 Å². The Morgan fingerprint density at radius 3 is 1.88 bits per heavy atom. The molecule has 0 aromatic heterocycles. The van der Waals surface area contributed by atoms with E-state index in [0.717, 1.165) is 0 Å². The summed E-state index contributed by atoms with van der Waals surface area (Å²) in [7, 11) is 0. The van der Waals surface area contributed by atoms with Crippen LogP contribution in [0.15, 0.2) is 0 Å². The zero-order valence-corrected chi connectivity index (χ0v) is 4.91. The van der Waals surface area contributed by atoms with Crippen molar-refractivity contribution < 1.29 is 15.3 Å². The smallest absolute Gasteiger partial charge is 0.0818 e. The molecule has 0 rings (SSSR count). The van der Waals surface area contributed by atoms with Gasteiger partial charge in [-0.05, 0) is 0 Å². The van der Waals surface area contributed by atoms with Gasteiger partial charge in [-0.15, -0.1) is 0 Å². The molecule has 0 saturated heterocycles. The van der Waals surface area contributed by atoms with Crippen LogP contribution in [0.5, 0.6) is 0 Å². The molecule has 8 heavy (non-hydrogen) atoms. The van der Waals surface area contributed by atoms with Crippen LogP contribution in [-0.4, -0.2) is 34.6 Å². The largest absolute Gasteiger partial charge is 0.396 e. The Hall–Kier alpha value is -0.120. The Labute approximate surface area is 48.6 Å². The lowest BCUT2D eigenvalue weighted by atomic mass is 10.1. The van der Waals surface area contributed by atoms with Gasteiger partial charge in [0.25, 0.3) is 0 Å². The molecule has 0 aliphatic heterocycles. The number of aliphatic hydroxyl groups excluding tert-OH is 3. The van der Waals surface area contributed by atoms with E-state index >= 15 is 0 Å². The molecule has 0 bridgehead atoms. The van der Waals surface area contributed by atoms with Crippen molar-refractivity contribution in [3.63, 3.8) is 0 Å². The summed E-state index contributed by atoms with van der Waals surface area (Å²) < 4.78 is 0. The van der Waals surface area contributed by atoms with Crippen LogP contribution in [-0.2, 0) is 0 Å². The molecular formula is C5H12O3. The van der Waals surface area contributed by atoms with Gasteiger partial charge in [-0.25, -0.2) is 0 Å². The van der Waals surface area contributed by atoms with E-state index in [1.165, 1.54) is 0 Å². The molecule has 2 atom stereocenters. The minimum absolute atomic E-state index is 0.0816. The third-order valence-corrected chi connectivity index (χ3v) is 1.13. The van der Waals surface area contributed by atoms with Gasteiger partial charge in [0.1, 0.15) is 0 Å². The summed E-state index contributed by atoms with van der Waals surface area (Å²) >= 11 is 0. The SMILES string of the molecule is C[C@H](CO)[C@H](O)CO. The zero-order chi connectivity index (χ0) is 6.57. The van der Waals surface area contributed by atoms with Gasteiger partial charge in [0.05, 0.1) is 12.7 Å². The van der Waals surface area contributed by atoms with Crippen molar-refractivity contribution in [1.29, 1.82) is 0 Å². The molecule has 0 spiro atoms. The predicted octanol–water partition coefficient (Wildman–Crippen LogP) is -1.03. The maximum absolute atomic E-state index is 8.72. The topological polar surface area (TPSA) is 60.7 Å². The number of hydrogen-bond donors (Lipinski definition) is 3. The highest BCUT2D eigenvalue weighted by Gasteiger charge is 2.10. The molecular weight excluding hydrogens is 108 g/mol. The molecule has 0 saturated carbocycles. The third-order valence-electron chi connectivity index (χ3n) is 1.13. The van der Waals surface area contributed by atoms with Gasteiger partial charge < -0.3 is 15.3 Å². The fourth-order valence-electron chi connectivity index (χ4n) is 0.302. The second-order valence-corrected chi connectivity index (χ2v) is 1.91. The van der Waals surface area contributed by atoms with E-state index < -0.39 is 6.10 Å². The van der Waals surface area contributed by atoms with Gasteiger partial charge in [-0.2, -0.15) is 0 Å². The van der Waals surface area contributed by atoms with E-state index in [-0.39, 0.29) is 19.1 Å². The van der Waals surface area contributed by atoms with Crippen molar-refractivity contribution in [2.24, 2.45) is 5.92 Å². The van der Waals surface area contributed by atoms with Crippen LogP contribution < -0.4 is 0 Å². The highest BCUT2D eigenvalue weighted by Crippen LogP contribution is 1.98. The van der Waals surface area contributed by atoms with E-state index in [0.29, 0.717) is 0 Å². The van der Waals surface area contributed by atoms with Crippen molar-refractivity contribution in [1.82, 2.24) is 0 Å². The lowest BCUT2D eigenvalue weighted by Crippen LogP contribution is -2.24. The predicted molar refractivity (Wildman–Crippen MR) is 29.3 cm³/mol. The Morgan fingerprint density at radius 2 is 1.75 bits per heavy atom. The molecule has 0 amide bonds. The molecule has 0 aromatic rings. The molecule has 0 heterocycles. The maximum atomic E-state index is 8.72. The van der Waals surface area contributed by atoms with Crippen LogP contribution in [0.25, 0.3) is 0 Å². The van der Waals surface area contributed by atoms with Gasteiger partial charge in [0, 0.05) is 12.5 Å². The standard InChI is InChI=1S/C5H12O3/c1-4(2-6)5(8)3-7/h4-8H,2-3H2,1H3/t4-,5-/m1/s1. The summed E-state index contributed by atoms with van der Waals surface area (Å²) in [5.74, 6) is -0.222. The fraction of sp³-hybridized carbons (Fsp3) is 1.00. The average molecular weight is 120 g/mol. The molecule has 50 valence electrons. The van der Waals surface area contributed by atoms with Crippen molar-refractivity contribution in [2.75, 3.05) is 13.2 Å². The van der Waals surface area contributed by atoms with Crippen LogP contribution in [0.1, 0.15) is 6.92 Å². The Morgan fingerprint density at radius 1 is 1.25 bits per heavy atom. The van der Waals surface area contributed by atoms with Crippen molar-refractivity contribution >= 4 is 0 Å². The maximum Gasteiger partial charge on any atom is 0.0818 e. The van der Waals surface area contributed by atoms with E-state index in [4.69, 9.17) is 15.3 Å². The summed E-state index contributed by atoms with van der Waals surface area (Å²) in [5, 5.41) is 25.4. The molecule has 3 nitrogen and oxygen atoms in total. The second kappa shape index (κ2) is 3.83. The van der Waals surface area contributed by atoms with E-state index in [1.54, 1.807) is 6.92 Å². The minimum Gasteiger partial charge on any atom is -0.396 e. The van der Waals surface area contributed by atoms with E-state index in [9.17, 15) is 0 Å². The van der Waals surface area contributed by atoms with Crippen LogP contribution >= 0.6 is 0 Å². The zero-order valence-electron chi connectivity index (χ0n) is 4.91. The van der Waals surface area contributed by atoms with E-state index in [2.05, 4.69) is 0 Å². The van der Waals surface area contributed by atoms with Crippen molar-refractivity contribution in [2.45, 2.75) is 13.0 Å². The van der Waals surface area contributed by atoms with Crippen LogP contribution in [0.2, 0.25) is 0 Å². The fourth-order valence-corrected chi connectivity index (χ4v) is 0.302. The first kappa shape index (κ1) is 7.88. The molecule has 0 radical (unpaired) electrons. The first-order valence-electron chi connectivity index (χ1n) is 2.62. The summed E-state index contributed by atoms with van der Waals surface area (Å²) in [6.07, 6.45) is -0.778.